The number of aromatic nitrogens is 2. The van der Waals surface area contributed by atoms with Crippen LogP contribution in [0.2, 0.25) is 0 Å². The maximum atomic E-state index is 5.81. The van der Waals surface area contributed by atoms with Crippen molar-refractivity contribution in [1.29, 1.82) is 0 Å². The Morgan fingerprint density at radius 1 is 1.16 bits per heavy atom. The number of H-pyrrole nitrogens is 1. The van der Waals surface area contributed by atoms with E-state index in [2.05, 4.69) is 29.0 Å². The fraction of sp³-hybridized carbons (Fsp3) is 0.188. The van der Waals surface area contributed by atoms with Gasteiger partial charge in [0.25, 0.3) is 0 Å². The van der Waals surface area contributed by atoms with Crippen molar-refractivity contribution in [1.82, 2.24) is 9.97 Å². The zero-order valence-corrected chi connectivity index (χ0v) is 10.9. The predicted octanol–water partition coefficient (Wildman–Crippen LogP) is 3.49. The van der Waals surface area contributed by atoms with E-state index >= 15 is 0 Å². The maximum absolute atomic E-state index is 5.81. The molecule has 0 saturated carbocycles. The Morgan fingerprint density at radius 2 is 2.00 bits per heavy atom. The first kappa shape index (κ1) is 11.8. The molecule has 0 aliphatic rings. The third-order valence-corrected chi connectivity index (χ3v) is 3.37. The number of hydrogen-bond acceptors (Lipinski definition) is 2. The Kier molecular flexibility index (Phi) is 2.95. The molecule has 0 saturated heterocycles. The Hall–Kier alpha value is -2.29. The van der Waals surface area contributed by atoms with Gasteiger partial charge >= 0.3 is 0 Å². The van der Waals surface area contributed by atoms with Gasteiger partial charge in [-0.15, -0.1) is 0 Å². The quantitative estimate of drug-likeness (QED) is 0.700. The zero-order valence-electron chi connectivity index (χ0n) is 10.9. The summed E-state index contributed by atoms with van der Waals surface area (Å²) in [7, 11) is 0. The molecule has 0 spiro atoms. The highest BCUT2D eigenvalue weighted by atomic mass is 14.9. The van der Waals surface area contributed by atoms with Crippen LogP contribution in [0.5, 0.6) is 0 Å². The minimum atomic E-state index is 0.342. The number of rotatable bonds is 3. The van der Waals surface area contributed by atoms with Crippen LogP contribution in [0.15, 0.2) is 48.5 Å². The molecule has 0 aliphatic heterocycles. The van der Waals surface area contributed by atoms with Crippen molar-refractivity contribution in [3.05, 3.63) is 59.9 Å². The Labute approximate surface area is 112 Å². The number of nitrogen functional groups attached to an aromatic ring is 1. The van der Waals surface area contributed by atoms with E-state index in [1.54, 1.807) is 0 Å². The van der Waals surface area contributed by atoms with Gasteiger partial charge in [-0.1, -0.05) is 31.2 Å². The van der Waals surface area contributed by atoms with Crippen LogP contribution in [0, 0.1) is 0 Å². The van der Waals surface area contributed by atoms with Crippen molar-refractivity contribution >= 4 is 16.7 Å². The number of nitrogens with two attached hydrogens (primary N) is 1. The molecule has 0 bridgehead atoms. The van der Waals surface area contributed by atoms with E-state index in [0.717, 1.165) is 29.0 Å². The molecule has 0 unspecified atom stereocenters. The van der Waals surface area contributed by atoms with Gasteiger partial charge in [-0.3, -0.25) is 0 Å². The predicted molar refractivity (Wildman–Crippen MR) is 79.1 cm³/mol. The van der Waals surface area contributed by atoms with Gasteiger partial charge < -0.3 is 10.7 Å². The first-order valence-corrected chi connectivity index (χ1v) is 6.51. The van der Waals surface area contributed by atoms with E-state index in [0.29, 0.717) is 5.92 Å². The van der Waals surface area contributed by atoms with E-state index < -0.39 is 0 Å². The standard InChI is InChI=1S/C16H17N3/c1-11(9-12-5-4-6-13(17)10-12)16-18-14-7-2-3-8-15(14)19-16/h2-8,10-11H,9,17H2,1H3,(H,18,19)/t11-/m0/s1. The number of nitrogens with one attached hydrogen (secondary N) is 1. The van der Waals surface area contributed by atoms with Gasteiger partial charge in [-0.05, 0) is 36.2 Å². The summed E-state index contributed by atoms with van der Waals surface area (Å²) in [5.41, 5.74) is 9.99. The summed E-state index contributed by atoms with van der Waals surface area (Å²) >= 11 is 0. The molecule has 3 rings (SSSR count). The molecule has 3 nitrogen and oxygen atoms in total. The number of nitrogens with zero attached hydrogens (tertiary/aromatic N) is 1. The average molecular weight is 251 g/mol. The largest absolute Gasteiger partial charge is 0.399 e. The van der Waals surface area contributed by atoms with Crippen molar-refractivity contribution in [3.8, 4) is 0 Å². The number of aromatic amines is 1. The molecule has 19 heavy (non-hydrogen) atoms. The minimum Gasteiger partial charge on any atom is -0.399 e. The van der Waals surface area contributed by atoms with Crippen LogP contribution in [-0.4, -0.2) is 9.97 Å². The number of fused-ring (bicyclic) bond motifs is 1. The Bertz CT molecular complexity index is 667. The number of hydrogen-bond donors (Lipinski definition) is 2. The molecule has 0 amide bonds. The number of benzene rings is 2. The second-order valence-electron chi connectivity index (χ2n) is 4.99. The minimum absolute atomic E-state index is 0.342. The molecule has 0 aliphatic carbocycles. The van der Waals surface area contributed by atoms with E-state index in [-0.39, 0.29) is 0 Å². The molecule has 1 heterocycles. The van der Waals surface area contributed by atoms with Crippen LogP contribution in [0.25, 0.3) is 11.0 Å². The van der Waals surface area contributed by atoms with E-state index in [1.165, 1.54) is 5.56 Å². The highest BCUT2D eigenvalue weighted by Crippen LogP contribution is 2.21. The van der Waals surface area contributed by atoms with Gasteiger partial charge in [0.05, 0.1) is 11.0 Å². The van der Waals surface area contributed by atoms with Crippen LogP contribution in [0.4, 0.5) is 5.69 Å². The lowest BCUT2D eigenvalue weighted by Gasteiger charge is -2.08. The molecule has 3 heteroatoms. The fourth-order valence-corrected chi connectivity index (χ4v) is 2.38. The summed E-state index contributed by atoms with van der Waals surface area (Å²) in [6.07, 6.45) is 0.935. The van der Waals surface area contributed by atoms with Crippen LogP contribution >= 0.6 is 0 Å². The number of para-hydroxylation sites is 2. The van der Waals surface area contributed by atoms with Crippen LogP contribution < -0.4 is 5.73 Å². The van der Waals surface area contributed by atoms with E-state index in [1.807, 2.05) is 36.4 Å². The second-order valence-corrected chi connectivity index (χ2v) is 4.99. The molecule has 2 aromatic carbocycles. The highest BCUT2D eigenvalue weighted by molar-refractivity contribution is 5.74. The summed E-state index contributed by atoms with van der Waals surface area (Å²) in [4.78, 5) is 8.03. The van der Waals surface area contributed by atoms with Gasteiger partial charge in [0, 0.05) is 11.6 Å². The van der Waals surface area contributed by atoms with Gasteiger partial charge in [0.1, 0.15) is 5.82 Å². The van der Waals surface area contributed by atoms with Crippen LogP contribution in [0.3, 0.4) is 0 Å². The topological polar surface area (TPSA) is 54.7 Å². The monoisotopic (exact) mass is 251 g/mol. The molecule has 1 aromatic heterocycles. The van der Waals surface area contributed by atoms with Gasteiger partial charge in [-0.25, -0.2) is 4.98 Å². The third-order valence-electron chi connectivity index (χ3n) is 3.37. The van der Waals surface area contributed by atoms with E-state index in [9.17, 15) is 0 Å². The SMILES string of the molecule is C[C@@H](Cc1cccc(N)c1)c1nc2ccccc2[nH]1. The zero-order chi connectivity index (χ0) is 13.2. The van der Waals surface area contributed by atoms with Crippen molar-refractivity contribution in [2.45, 2.75) is 19.3 Å². The average Bonchev–Trinajstić information content (AvgIpc) is 2.82. The van der Waals surface area contributed by atoms with Crippen molar-refractivity contribution in [3.63, 3.8) is 0 Å². The first-order valence-electron chi connectivity index (χ1n) is 6.51. The van der Waals surface area contributed by atoms with Crippen LogP contribution in [-0.2, 0) is 6.42 Å². The van der Waals surface area contributed by atoms with E-state index in [4.69, 9.17) is 5.73 Å². The normalized spacial score (nSPS) is 12.7. The third kappa shape index (κ3) is 2.45. The fourth-order valence-electron chi connectivity index (χ4n) is 2.38. The van der Waals surface area contributed by atoms with Gasteiger partial charge in [0.2, 0.25) is 0 Å². The smallest absolute Gasteiger partial charge is 0.110 e. The number of anilines is 1. The van der Waals surface area contributed by atoms with Crippen molar-refractivity contribution in [2.24, 2.45) is 0 Å². The lowest BCUT2D eigenvalue weighted by molar-refractivity contribution is 0.713. The van der Waals surface area contributed by atoms with Crippen LogP contribution in [0.1, 0.15) is 24.2 Å². The lowest BCUT2D eigenvalue weighted by Crippen LogP contribution is -2.01. The Balaban J connectivity index is 1.85. The summed E-state index contributed by atoms with van der Waals surface area (Å²) in [5, 5.41) is 0. The lowest BCUT2D eigenvalue weighted by atomic mass is 10.0. The number of imidazole rings is 1. The van der Waals surface area contributed by atoms with Gasteiger partial charge in [-0.2, -0.15) is 0 Å². The molecule has 1 atom stereocenters. The molecule has 0 radical (unpaired) electrons. The van der Waals surface area contributed by atoms with Crippen molar-refractivity contribution in [2.75, 3.05) is 5.73 Å². The molecular weight excluding hydrogens is 234 g/mol. The summed E-state index contributed by atoms with van der Waals surface area (Å²) in [6, 6.07) is 16.2. The molecular formula is C16H17N3. The Morgan fingerprint density at radius 3 is 2.79 bits per heavy atom. The summed E-state index contributed by atoms with van der Waals surface area (Å²) in [6.45, 7) is 2.18. The maximum Gasteiger partial charge on any atom is 0.110 e. The molecule has 96 valence electrons. The molecule has 3 aromatic rings. The molecule has 3 N–H and O–H groups in total. The highest BCUT2D eigenvalue weighted by Gasteiger charge is 2.11. The summed E-state index contributed by atoms with van der Waals surface area (Å²) < 4.78 is 0. The van der Waals surface area contributed by atoms with Crippen molar-refractivity contribution < 1.29 is 0 Å². The van der Waals surface area contributed by atoms with Gasteiger partial charge in [0.15, 0.2) is 0 Å². The molecule has 0 fully saturated rings. The first-order chi connectivity index (χ1) is 9.22. The summed E-state index contributed by atoms with van der Waals surface area (Å²) in [5.74, 6) is 1.37. The second kappa shape index (κ2) is 4.76.